The van der Waals surface area contributed by atoms with Crippen LogP contribution in [0.25, 0.3) is 11.4 Å². The van der Waals surface area contributed by atoms with Crippen molar-refractivity contribution in [3.05, 3.63) is 23.8 Å². The Morgan fingerprint density at radius 1 is 1.33 bits per heavy atom. The molecule has 2 rings (SSSR count). The second kappa shape index (κ2) is 4.28. The molecule has 0 atom stereocenters. The third kappa shape index (κ3) is 2.41. The van der Waals surface area contributed by atoms with Gasteiger partial charge in [-0.2, -0.15) is 13.2 Å². The maximum atomic E-state index is 12.4. The number of nitrogens with zero attached hydrogens (tertiary/aromatic N) is 4. The van der Waals surface area contributed by atoms with Crippen LogP contribution in [0.4, 0.5) is 18.9 Å². The van der Waals surface area contributed by atoms with Gasteiger partial charge >= 0.3 is 6.18 Å². The van der Waals surface area contributed by atoms with E-state index in [9.17, 15) is 13.2 Å². The Balaban J connectivity index is 2.46. The number of benzene rings is 1. The zero-order chi connectivity index (χ0) is 13.3. The van der Waals surface area contributed by atoms with E-state index in [1.807, 2.05) is 0 Å². The Morgan fingerprint density at radius 3 is 2.72 bits per heavy atom. The minimum atomic E-state index is -4.38. The fourth-order valence-electron chi connectivity index (χ4n) is 1.57. The minimum absolute atomic E-state index is 0.0529. The molecule has 0 aliphatic carbocycles. The monoisotopic (exact) mass is 257 g/mol. The highest BCUT2D eigenvalue weighted by Gasteiger charge is 2.30. The van der Waals surface area contributed by atoms with Crippen LogP contribution >= 0.6 is 0 Å². The Hall–Kier alpha value is -2.12. The molecule has 0 unspecified atom stereocenters. The lowest BCUT2D eigenvalue weighted by atomic mass is 10.1. The van der Waals surface area contributed by atoms with E-state index in [1.165, 1.54) is 0 Å². The average Bonchev–Trinajstić information content (AvgIpc) is 2.67. The summed E-state index contributed by atoms with van der Waals surface area (Å²) in [6.45, 7) is 0.473. The number of hydrogen-bond donors (Lipinski definition) is 1. The molecule has 96 valence electrons. The Morgan fingerprint density at radius 2 is 2.06 bits per heavy atom. The summed E-state index contributed by atoms with van der Waals surface area (Å²) in [5, 5.41) is 10.2. The van der Waals surface area contributed by atoms with Crippen LogP contribution in [0.1, 0.15) is 5.56 Å². The standard InChI is InChI=1S/C10H10F3N5/c1-6-7(3-2-4-8(6)14)9-15-16-17-18(9)5-10(11,12)13/h2-4H,5,14H2,1H3. The van der Waals surface area contributed by atoms with Crippen molar-refractivity contribution in [2.45, 2.75) is 19.6 Å². The lowest BCUT2D eigenvalue weighted by molar-refractivity contribution is -0.142. The first-order chi connectivity index (χ1) is 8.38. The zero-order valence-electron chi connectivity index (χ0n) is 9.44. The molecule has 2 N–H and O–H groups in total. The first-order valence-electron chi connectivity index (χ1n) is 5.07. The van der Waals surface area contributed by atoms with Crippen LogP contribution in [0.2, 0.25) is 0 Å². The number of halogens is 3. The summed E-state index contributed by atoms with van der Waals surface area (Å²) in [6.07, 6.45) is -4.38. The van der Waals surface area contributed by atoms with Crippen molar-refractivity contribution in [2.24, 2.45) is 0 Å². The summed E-state index contributed by atoms with van der Waals surface area (Å²) in [5.41, 5.74) is 7.32. The molecule has 1 aromatic carbocycles. The molecule has 0 amide bonds. The van der Waals surface area contributed by atoms with Gasteiger partial charge in [0.1, 0.15) is 6.54 Å². The normalized spacial score (nSPS) is 11.8. The van der Waals surface area contributed by atoms with E-state index in [0.29, 0.717) is 21.5 Å². The third-order valence-corrected chi connectivity index (χ3v) is 2.48. The fraction of sp³-hybridized carbons (Fsp3) is 0.300. The lowest BCUT2D eigenvalue weighted by Gasteiger charge is -2.10. The summed E-state index contributed by atoms with van der Waals surface area (Å²) in [5.74, 6) is 0.0529. The number of aromatic nitrogens is 4. The molecule has 2 aromatic rings. The largest absolute Gasteiger partial charge is 0.408 e. The summed E-state index contributed by atoms with van der Waals surface area (Å²) in [7, 11) is 0. The molecule has 0 aliphatic heterocycles. The number of hydrogen-bond acceptors (Lipinski definition) is 4. The maximum Gasteiger partial charge on any atom is 0.408 e. The summed E-state index contributed by atoms with van der Waals surface area (Å²) in [4.78, 5) is 0. The topological polar surface area (TPSA) is 69.6 Å². The number of nitrogen functional groups attached to an aromatic ring is 1. The quantitative estimate of drug-likeness (QED) is 0.833. The van der Waals surface area contributed by atoms with Crippen LogP contribution in [0.15, 0.2) is 18.2 Å². The van der Waals surface area contributed by atoms with Crippen LogP contribution in [0.3, 0.4) is 0 Å². The van der Waals surface area contributed by atoms with Gasteiger partial charge in [-0.1, -0.05) is 12.1 Å². The molecule has 0 bridgehead atoms. The van der Waals surface area contributed by atoms with Gasteiger partial charge in [0.25, 0.3) is 0 Å². The van der Waals surface area contributed by atoms with Gasteiger partial charge < -0.3 is 5.73 Å². The number of tetrazole rings is 1. The average molecular weight is 257 g/mol. The number of alkyl halides is 3. The molecule has 5 nitrogen and oxygen atoms in total. The Labute approximate surface area is 100 Å². The lowest BCUT2D eigenvalue weighted by Crippen LogP contribution is -2.19. The van der Waals surface area contributed by atoms with E-state index >= 15 is 0 Å². The van der Waals surface area contributed by atoms with E-state index in [1.54, 1.807) is 25.1 Å². The molecular weight excluding hydrogens is 247 g/mol. The van der Waals surface area contributed by atoms with Crippen molar-refractivity contribution in [3.63, 3.8) is 0 Å². The fourth-order valence-corrected chi connectivity index (χ4v) is 1.57. The summed E-state index contributed by atoms with van der Waals surface area (Å²) < 4.78 is 37.8. The minimum Gasteiger partial charge on any atom is -0.398 e. The smallest absolute Gasteiger partial charge is 0.398 e. The third-order valence-electron chi connectivity index (χ3n) is 2.48. The number of rotatable bonds is 2. The van der Waals surface area contributed by atoms with Crippen molar-refractivity contribution >= 4 is 5.69 Å². The van der Waals surface area contributed by atoms with Crippen molar-refractivity contribution in [3.8, 4) is 11.4 Å². The Bertz CT molecular complexity index is 561. The van der Waals surface area contributed by atoms with E-state index in [-0.39, 0.29) is 5.82 Å². The highest BCUT2D eigenvalue weighted by atomic mass is 19.4. The molecular formula is C10H10F3N5. The molecule has 18 heavy (non-hydrogen) atoms. The van der Waals surface area contributed by atoms with Gasteiger partial charge in [-0.15, -0.1) is 5.10 Å². The molecule has 1 heterocycles. The van der Waals surface area contributed by atoms with E-state index in [4.69, 9.17) is 5.73 Å². The SMILES string of the molecule is Cc1c(N)cccc1-c1nnnn1CC(F)(F)F. The molecule has 1 aromatic heterocycles. The van der Waals surface area contributed by atoms with E-state index in [2.05, 4.69) is 15.5 Å². The van der Waals surface area contributed by atoms with Crippen molar-refractivity contribution in [2.75, 3.05) is 5.73 Å². The molecule has 8 heteroatoms. The van der Waals surface area contributed by atoms with Gasteiger partial charge in [-0.05, 0) is 29.0 Å². The van der Waals surface area contributed by atoms with Crippen LogP contribution in [0.5, 0.6) is 0 Å². The van der Waals surface area contributed by atoms with Gasteiger partial charge in [-0.25, -0.2) is 4.68 Å². The van der Waals surface area contributed by atoms with Gasteiger partial charge in [0.15, 0.2) is 5.82 Å². The predicted octanol–water partition coefficient (Wildman–Crippen LogP) is 1.79. The summed E-state index contributed by atoms with van der Waals surface area (Å²) >= 11 is 0. The van der Waals surface area contributed by atoms with Crippen molar-refractivity contribution in [1.82, 2.24) is 20.2 Å². The van der Waals surface area contributed by atoms with Crippen molar-refractivity contribution < 1.29 is 13.2 Å². The van der Waals surface area contributed by atoms with Crippen molar-refractivity contribution in [1.29, 1.82) is 0 Å². The number of anilines is 1. The molecule has 0 saturated heterocycles. The van der Waals surface area contributed by atoms with Crippen LogP contribution in [-0.2, 0) is 6.54 Å². The zero-order valence-corrected chi connectivity index (χ0v) is 9.44. The Kier molecular flexibility index (Phi) is 2.93. The summed E-state index contributed by atoms with van der Waals surface area (Å²) in [6, 6.07) is 4.94. The number of nitrogens with two attached hydrogens (primary N) is 1. The van der Waals surface area contributed by atoms with E-state index in [0.717, 1.165) is 0 Å². The maximum absolute atomic E-state index is 12.4. The molecule has 0 radical (unpaired) electrons. The first kappa shape index (κ1) is 12.3. The highest BCUT2D eigenvalue weighted by Crippen LogP contribution is 2.26. The molecule has 0 aliphatic rings. The second-order valence-electron chi connectivity index (χ2n) is 3.80. The molecule has 0 fully saturated rings. The van der Waals surface area contributed by atoms with E-state index < -0.39 is 12.7 Å². The molecule has 0 saturated carbocycles. The van der Waals surface area contributed by atoms with Crippen LogP contribution < -0.4 is 5.73 Å². The predicted molar refractivity (Wildman–Crippen MR) is 58.5 cm³/mol. The highest BCUT2D eigenvalue weighted by molar-refractivity contribution is 5.67. The van der Waals surface area contributed by atoms with Gasteiger partial charge in [-0.3, -0.25) is 0 Å². The first-order valence-corrected chi connectivity index (χ1v) is 5.07. The molecule has 0 spiro atoms. The second-order valence-corrected chi connectivity index (χ2v) is 3.80. The van der Waals surface area contributed by atoms with Crippen LogP contribution in [-0.4, -0.2) is 26.4 Å². The van der Waals surface area contributed by atoms with Gasteiger partial charge in [0, 0.05) is 11.3 Å². The van der Waals surface area contributed by atoms with Crippen LogP contribution in [0, 0.1) is 6.92 Å². The van der Waals surface area contributed by atoms with Gasteiger partial charge in [0.05, 0.1) is 0 Å². The van der Waals surface area contributed by atoms with Gasteiger partial charge in [0.2, 0.25) is 0 Å².